The van der Waals surface area contributed by atoms with E-state index in [2.05, 4.69) is 21.2 Å². The van der Waals surface area contributed by atoms with E-state index in [-0.39, 0.29) is 24.4 Å². The number of halogens is 2. The molecule has 0 saturated heterocycles. The van der Waals surface area contributed by atoms with Gasteiger partial charge in [0.2, 0.25) is 5.91 Å². The maximum absolute atomic E-state index is 12.4. The summed E-state index contributed by atoms with van der Waals surface area (Å²) in [6.45, 7) is 0. The lowest BCUT2D eigenvalue weighted by Crippen LogP contribution is -2.32. The van der Waals surface area contributed by atoms with Crippen molar-refractivity contribution in [1.29, 1.82) is 0 Å². The van der Waals surface area contributed by atoms with Gasteiger partial charge >= 0.3 is 0 Å². The Bertz CT molecular complexity index is 705. The van der Waals surface area contributed by atoms with Crippen LogP contribution in [0.15, 0.2) is 46.9 Å². The number of hydrogen-bond acceptors (Lipinski definition) is 2. The molecular weight excluding hydrogens is 376 g/mol. The zero-order valence-corrected chi connectivity index (χ0v) is 15.1. The fourth-order valence-corrected chi connectivity index (χ4v) is 3.47. The van der Waals surface area contributed by atoms with Gasteiger partial charge in [-0.15, -0.1) is 12.4 Å². The molecule has 3 N–H and O–H groups in total. The van der Waals surface area contributed by atoms with Crippen LogP contribution in [0.4, 0.5) is 5.69 Å². The molecule has 0 aliphatic heterocycles. The molecule has 122 valence electrons. The molecule has 1 aliphatic rings. The van der Waals surface area contributed by atoms with Crippen molar-refractivity contribution in [3.05, 3.63) is 63.6 Å². The van der Waals surface area contributed by atoms with Crippen molar-refractivity contribution in [2.24, 2.45) is 0 Å². The molecule has 3 rings (SSSR count). The van der Waals surface area contributed by atoms with Crippen LogP contribution in [0.5, 0.6) is 0 Å². The van der Waals surface area contributed by atoms with Gasteiger partial charge in [-0.05, 0) is 54.2 Å². The van der Waals surface area contributed by atoms with E-state index in [1.54, 1.807) is 0 Å². The molecule has 1 aliphatic carbocycles. The lowest BCUT2D eigenvalue weighted by Gasteiger charge is -2.26. The molecule has 0 spiro atoms. The summed E-state index contributed by atoms with van der Waals surface area (Å²) < 4.78 is 0.974. The predicted molar refractivity (Wildman–Crippen MR) is 99.8 cm³/mol. The first-order valence-electron chi connectivity index (χ1n) is 7.54. The molecular formula is C18H20BrClN2O. The number of carbonyl (C=O) groups is 1. The third-order valence-corrected chi connectivity index (χ3v) is 4.90. The minimum atomic E-state index is 0. The number of amides is 1. The number of nitrogens with two attached hydrogens (primary N) is 1. The molecule has 2 aromatic rings. The fraction of sp³-hybridized carbons (Fsp3) is 0.278. The lowest BCUT2D eigenvalue weighted by atomic mass is 9.87. The number of fused-ring (bicyclic) bond motifs is 1. The van der Waals surface area contributed by atoms with E-state index in [1.807, 2.05) is 42.5 Å². The molecule has 0 aromatic heterocycles. The van der Waals surface area contributed by atoms with Crippen LogP contribution in [0.3, 0.4) is 0 Å². The van der Waals surface area contributed by atoms with E-state index in [9.17, 15) is 4.79 Å². The molecule has 0 heterocycles. The summed E-state index contributed by atoms with van der Waals surface area (Å²) in [6, 6.07) is 13.9. The van der Waals surface area contributed by atoms with Crippen LogP contribution in [-0.2, 0) is 17.6 Å². The standard InChI is InChI=1S/C18H19BrN2O.ClH/c19-16-6-2-1-4-13(16)11-18(22)21-17-7-3-5-12-10-14(20)8-9-15(12)17;/h1-2,4,6,8-10,17H,3,5,7,11,20H2,(H,21,22);1H. The monoisotopic (exact) mass is 394 g/mol. The van der Waals surface area contributed by atoms with E-state index in [4.69, 9.17) is 5.73 Å². The summed E-state index contributed by atoms with van der Waals surface area (Å²) in [5.41, 5.74) is 10.1. The van der Waals surface area contributed by atoms with Gasteiger partial charge in [0.25, 0.3) is 0 Å². The van der Waals surface area contributed by atoms with Crippen molar-refractivity contribution in [3.8, 4) is 0 Å². The van der Waals surface area contributed by atoms with Crippen LogP contribution in [0.1, 0.15) is 35.6 Å². The minimum Gasteiger partial charge on any atom is -0.399 e. The Kier molecular flexibility index (Phi) is 6.08. The molecule has 1 atom stereocenters. The highest BCUT2D eigenvalue weighted by Crippen LogP contribution is 2.31. The van der Waals surface area contributed by atoms with Gasteiger partial charge in [0, 0.05) is 10.2 Å². The molecule has 3 nitrogen and oxygen atoms in total. The van der Waals surface area contributed by atoms with Gasteiger partial charge in [0.15, 0.2) is 0 Å². The second-order valence-electron chi connectivity index (χ2n) is 5.74. The Labute approximate surface area is 151 Å². The number of anilines is 1. The topological polar surface area (TPSA) is 55.1 Å². The third kappa shape index (κ3) is 4.27. The first kappa shape index (κ1) is 17.8. The van der Waals surface area contributed by atoms with Gasteiger partial charge in [-0.25, -0.2) is 0 Å². The number of rotatable bonds is 3. The van der Waals surface area contributed by atoms with Gasteiger partial charge in [0.1, 0.15) is 0 Å². The zero-order valence-electron chi connectivity index (χ0n) is 12.7. The number of carbonyl (C=O) groups excluding carboxylic acids is 1. The van der Waals surface area contributed by atoms with E-state index >= 15 is 0 Å². The normalized spacial score (nSPS) is 16.1. The third-order valence-electron chi connectivity index (χ3n) is 4.13. The Morgan fingerprint density at radius 1 is 1.26 bits per heavy atom. The lowest BCUT2D eigenvalue weighted by molar-refractivity contribution is -0.121. The van der Waals surface area contributed by atoms with Crippen molar-refractivity contribution >= 4 is 39.9 Å². The Morgan fingerprint density at radius 2 is 2.04 bits per heavy atom. The van der Waals surface area contributed by atoms with Crippen molar-refractivity contribution in [1.82, 2.24) is 5.32 Å². The molecule has 1 amide bonds. The summed E-state index contributed by atoms with van der Waals surface area (Å²) in [7, 11) is 0. The van der Waals surface area contributed by atoms with Crippen molar-refractivity contribution in [2.75, 3.05) is 5.73 Å². The van der Waals surface area contributed by atoms with Crippen molar-refractivity contribution < 1.29 is 4.79 Å². The quantitative estimate of drug-likeness (QED) is 0.766. The minimum absolute atomic E-state index is 0. The SMILES string of the molecule is Cl.Nc1ccc2c(c1)CCCC2NC(=O)Cc1ccccc1Br. The smallest absolute Gasteiger partial charge is 0.224 e. The Hall–Kier alpha value is -1.52. The summed E-state index contributed by atoms with van der Waals surface area (Å²) in [5, 5.41) is 3.17. The average Bonchev–Trinajstić information content (AvgIpc) is 2.49. The summed E-state index contributed by atoms with van der Waals surface area (Å²) in [4.78, 5) is 12.4. The van der Waals surface area contributed by atoms with Crippen molar-refractivity contribution in [3.63, 3.8) is 0 Å². The van der Waals surface area contributed by atoms with Crippen LogP contribution < -0.4 is 11.1 Å². The number of aryl methyl sites for hydroxylation is 1. The summed E-state index contributed by atoms with van der Waals surface area (Å²) in [5.74, 6) is 0.0570. The van der Waals surface area contributed by atoms with Gasteiger partial charge in [-0.1, -0.05) is 40.2 Å². The van der Waals surface area contributed by atoms with Crippen LogP contribution in [-0.4, -0.2) is 5.91 Å². The van der Waals surface area contributed by atoms with E-state index in [0.717, 1.165) is 35.0 Å². The molecule has 0 bridgehead atoms. The zero-order chi connectivity index (χ0) is 15.5. The highest BCUT2D eigenvalue weighted by molar-refractivity contribution is 9.10. The van der Waals surface area contributed by atoms with Gasteiger partial charge in [0.05, 0.1) is 12.5 Å². The number of nitrogen functional groups attached to an aromatic ring is 1. The second-order valence-corrected chi connectivity index (χ2v) is 6.59. The highest BCUT2D eigenvalue weighted by Gasteiger charge is 2.22. The maximum atomic E-state index is 12.4. The predicted octanol–water partition coefficient (Wildman–Crippen LogP) is 4.19. The highest BCUT2D eigenvalue weighted by atomic mass is 79.9. The first-order valence-corrected chi connectivity index (χ1v) is 8.34. The largest absolute Gasteiger partial charge is 0.399 e. The molecule has 23 heavy (non-hydrogen) atoms. The first-order chi connectivity index (χ1) is 10.6. The van der Waals surface area contributed by atoms with Crippen LogP contribution >= 0.6 is 28.3 Å². The molecule has 1 unspecified atom stereocenters. The molecule has 5 heteroatoms. The van der Waals surface area contributed by atoms with E-state index in [0.29, 0.717) is 6.42 Å². The Morgan fingerprint density at radius 3 is 2.83 bits per heavy atom. The molecule has 0 fully saturated rings. The second kappa shape index (κ2) is 7.84. The molecule has 2 aromatic carbocycles. The molecule has 0 saturated carbocycles. The number of hydrogen-bond donors (Lipinski definition) is 2. The van der Waals surface area contributed by atoms with Gasteiger partial charge in [-0.2, -0.15) is 0 Å². The van der Waals surface area contributed by atoms with Crippen molar-refractivity contribution in [2.45, 2.75) is 31.7 Å². The van der Waals surface area contributed by atoms with Gasteiger partial charge in [-0.3, -0.25) is 4.79 Å². The number of benzene rings is 2. The summed E-state index contributed by atoms with van der Waals surface area (Å²) in [6.07, 6.45) is 3.49. The van der Waals surface area contributed by atoms with Crippen LogP contribution in [0, 0.1) is 0 Å². The van der Waals surface area contributed by atoms with Crippen LogP contribution in [0.2, 0.25) is 0 Å². The van der Waals surface area contributed by atoms with Gasteiger partial charge < -0.3 is 11.1 Å². The average molecular weight is 396 g/mol. The van der Waals surface area contributed by atoms with Crippen LogP contribution in [0.25, 0.3) is 0 Å². The summed E-state index contributed by atoms with van der Waals surface area (Å²) >= 11 is 3.49. The number of nitrogens with one attached hydrogen (secondary N) is 1. The maximum Gasteiger partial charge on any atom is 0.224 e. The Balaban J connectivity index is 0.00000192. The molecule has 0 radical (unpaired) electrons. The van der Waals surface area contributed by atoms with E-state index in [1.165, 1.54) is 11.1 Å². The fourth-order valence-electron chi connectivity index (χ4n) is 3.04. The van der Waals surface area contributed by atoms with E-state index < -0.39 is 0 Å².